The zero-order valence-electron chi connectivity index (χ0n) is 37.2. The number of alkyl halides is 8. The minimum Gasteiger partial charge on any atom is -0.480 e. The van der Waals surface area contributed by atoms with E-state index in [1.165, 1.54) is 45.0 Å². The van der Waals surface area contributed by atoms with Crippen LogP contribution in [0.15, 0.2) is 48.5 Å². The van der Waals surface area contributed by atoms with Crippen LogP contribution in [0.4, 0.5) is 35.1 Å². The molecule has 26 heteroatoms. The molecule has 2 aromatic carbocycles. The Balaban J connectivity index is 0.000000232. The highest BCUT2D eigenvalue weighted by Crippen LogP contribution is 2.40. The molecule has 1 atom stereocenters. The molecule has 5 heterocycles. The van der Waals surface area contributed by atoms with E-state index in [1.54, 1.807) is 0 Å². The lowest BCUT2D eigenvalue weighted by atomic mass is 9.90. The Kier molecular flexibility index (Phi) is 17.9. The van der Waals surface area contributed by atoms with Crippen molar-refractivity contribution >= 4 is 31.9 Å². The molecule has 1 amide bonds. The van der Waals surface area contributed by atoms with Gasteiger partial charge in [-0.05, 0) is 85.8 Å². The predicted octanol–water partition coefficient (Wildman–Crippen LogP) is 6.62. The van der Waals surface area contributed by atoms with Crippen LogP contribution in [0.2, 0.25) is 0 Å². The second-order valence-electron chi connectivity index (χ2n) is 17.3. The van der Waals surface area contributed by atoms with Crippen LogP contribution in [0.1, 0.15) is 93.6 Å². The number of benzene rings is 2. The third-order valence-corrected chi connectivity index (χ3v) is 18.4. The first-order valence-electron chi connectivity index (χ1n) is 22.4. The van der Waals surface area contributed by atoms with Gasteiger partial charge in [0.25, 0.3) is 5.91 Å². The number of carboxylic acid groups (broad SMARTS) is 1. The molecule has 0 bridgehead atoms. The van der Waals surface area contributed by atoms with Crippen LogP contribution in [0.3, 0.4) is 0 Å². The number of aliphatic carboxylic acids is 1. The molecule has 388 valence electrons. The van der Waals surface area contributed by atoms with Gasteiger partial charge in [0, 0.05) is 91.3 Å². The predicted molar refractivity (Wildman–Crippen MR) is 227 cm³/mol. The van der Waals surface area contributed by atoms with Crippen molar-refractivity contribution in [3.63, 3.8) is 0 Å². The molecule has 2 N–H and O–H groups in total. The molecular weight excluding hydrogens is 983 g/mol. The van der Waals surface area contributed by atoms with Crippen molar-refractivity contribution in [1.29, 1.82) is 0 Å². The lowest BCUT2D eigenvalue weighted by molar-refractivity contribution is -0.253. The summed E-state index contributed by atoms with van der Waals surface area (Å²) in [6.45, 7) is 1.38. The van der Waals surface area contributed by atoms with Gasteiger partial charge in [0.2, 0.25) is 20.0 Å². The maximum Gasteiger partial charge on any atom is 0.461 e. The largest absolute Gasteiger partial charge is 0.480 e. The first kappa shape index (κ1) is 54.4. The maximum atomic E-state index is 13.8. The summed E-state index contributed by atoms with van der Waals surface area (Å²) in [4.78, 5) is 30.5. The Labute approximate surface area is 393 Å². The maximum absolute atomic E-state index is 13.8. The number of piperidine rings is 2. The van der Waals surface area contributed by atoms with E-state index in [-0.39, 0.29) is 90.1 Å². The number of carboxylic acids is 1. The lowest BCUT2D eigenvalue weighted by Gasteiger charge is -2.41. The molecule has 1 unspecified atom stereocenters. The van der Waals surface area contributed by atoms with Gasteiger partial charge in [-0.2, -0.15) is 35.1 Å². The summed E-state index contributed by atoms with van der Waals surface area (Å²) in [5.41, 5.74) is 3.80. The molecule has 5 aliphatic heterocycles. The number of amides is 1. The summed E-state index contributed by atoms with van der Waals surface area (Å²) in [5.74, 6) is -3.10. The molecule has 0 spiro atoms. The van der Waals surface area contributed by atoms with Crippen LogP contribution in [0.25, 0.3) is 0 Å². The highest BCUT2D eigenvalue weighted by atomic mass is 32.2. The molecule has 0 saturated carbocycles. The van der Waals surface area contributed by atoms with E-state index in [2.05, 4.69) is 15.0 Å². The number of nitrogens with one attached hydrogen (secondary N) is 1. The zero-order chi connectivity index (χ0) is 50.3. The standard InChI is InChI=1S/C24H32F4N2O7S.C19H23F4NO6S/c25-21(26)24(27,28)36-19-6-4-17(5-7-19)18-8-12-30(13-9-18)38(32,33)23(10-15-34-16-11-23)22(31)29-37-20-3-1-2-14-35-20;20-16(21)19(22,23)30-15-3-1-13(2-4-15)14-5-9-24(10-6-14)31(27,28)18(17(25)26)7-11-29-12-8-18/h4-7,18,20-21H,1-3,8-16H2,(H,29,31);1-4,14,16H,5-12H2,(H,25,26). The third kappa shape index (κ3) is 12.4. The van der Waals surface area contributed by atoms with Gasteiger partial charge in [-0.1, -0.05) is 24.3 Å². The molecule has 5 aliphatic rings. The number of nitrogens with zero attached hydrogens (tertiary/aromatic N) is 2. The van der Waals surface area contributed by atoms with Gasteiger partial charge in [-0.15, -0.1) is 0 Å². The first-order valence-corrected chi connectivity index (χ1v) is 25.3. The Morgan fingerprint density at radius 3 is 1.38 bits per heavy atom. The fourth-order valence-corrected chi connectivity index (χ4v) is 13.2. The van der Waals surface area contributed by atoms with Crippen molar-refractivity contribution in [3.8, 4) is 11.5 Å². The highest BCUT2D eigenvalue weighted by Gasteiger charge is 2.56. The molecule has 5 saturated heterocycles. The van der Waals surface area contributed by atoms with E-state index in [4.69, 9.17) is 19.0 Å². The average molecular weight is 1040 g/mol. The molecule has 69 heavy (non-hydrogen) atoms. The van der Waals surface area contributed by atoms with Crippen molar-refractivity contribution in [3.05, 3.63) is 59.7 Å². The Morgan fingerprint density at radius 2 is 1.01 bits per heavy atom. The molecule has 0 radical (unpaired) electrons. The van der Waals surface area contributed by atoms with Gasteiger partial charge in [-0.3, -0.25) is 9.59 Å². The van der Waals surface area contributed by atoms with E-state index < -0.39 is 84.3 Å². The van der Waals surface area contributed by atoms with Gasteiger partial charge >= 0.3 is 31.0 Å². The fraction of sp³-hybridized carbons (Fsp3) is 0.674. The summed E-state index contributed by atoms with van der Waals surface area (Å²) in [6.07, 6.45) is -14.0. The smallest absolute Gasteiger partial charge is 0.461 e. The molecule has 7 rings (SSSR count). The summed E-state index contributed by atoms with van der Waals surface area (Å²) in [7, 11) is -8.20. The number of rotatable bonds is 16. The van der Waals surface area contributed by atoms with E-state index in [0.717, 1.165) is 36.1 Å². The van der Waals surface area contributed by atoms with E-state index in [9.17, 15) is 66.7 Å². The van der Waals surface area contributed by atoms with Crippen LogP contribution < -0.4 is 15.0 Å². The molecule has 0 aromatic heterocycles. The van der Waals surface area contributed by atoms with Gasteiger partial charge in [0.05, 0.1) is 0 Å². The van der Waals surface area contributed by atoms with E-state index >= 15 is 0 Å². The fourth-order valence-electron chi connectivity index (χ4n) is 8.98. The molecule has 0 aliphatic carbocycles. The minimum atomic E-state index is -4.60. The van der Waals surface area contributed by atoms with Crippen molar-refractivity contribution < 1.29 is 95.2 Å². The zero-order valence-corrected chi connectivity index (χ0v) is 38.9. The SMILES string of the molecule is O=C(NOC1CCCCO1)C1(S(=O)(=O)N2CCC(c3ccc(OC(F)(F)C(F)F)cc3)CC2)CCOCC1.O=C(O)C1(S(=O)(=O)N2CCC(c3ccc(OC(F)(F)C(F)F)cc3)CC2)CCOCC1. The summed E-state index contributed by atoms with van der Waals surface area (Å²) >= 11 is 0. The van der Waals surface area contributed by atoms with Gasteiger partial charge in [-0.25, -0.2) is 35.8 Å². The topological polar surface area (TPSA) is 197 Å². The van der Waals surface area contributed by atoms with Crippen LogP contribution in [-0.2, 0) is 48.7 Å². The number of carbonyl (C=O) groups excluding carboxylic acids is 1. The van der Waals surface area contributed by atoms with Gasteiger partial charge in [0.1, 0.15) is 11.5 Å². The number of sulfonamides is 2. The van der Waals surface area contributed by atoms with Crippen molar-refractivity contribution in [2.24, 2.45) is 0 Å². The number of ether oxygens (including phenoxy) is 5. The number of hydroxylamine groups is 1. The molecular formula is C43H55F8N3O13S2. The monoisotopic (exact) mass is 1040 g/mol. The van der Waals surface area contributed by atoms with Crippen LogP contribution in [0, 0.1) is 0 Å². The van der Waals surface area contributed by atoms with E-state index in [1.807, 2.05) is 0 Å². The van der Waals surface area contributed by atoms with Crippen LogP contribution in [-0.4, -0.2) is 142 Å². The number of halogens is 8. The molecule has 16 nitrogen and oxygen atoms in total. The van der Waals surface area contributed by atoms with Crippen LogP contribution in [0.5, 0.6) is 11.5 Å². The van der Waals surface area contributed by atoms with Crippen molar-refractivity contribution in [1.82, 2.24) is 14.1 Å². The van der Waals surface area contributed by atoms with Crippen molar-refractivity contribution in [2.45, 2.75) is 123 Å². The van der Waals surface area contributed by atoms with Crippen molar-refractivity contribution in [2.75, 3.05) is 59.2 Å². The number of hydrogen-bond donors (Lipinski definition) is 2. The number of hydrogen-bond acceptors (Lipinski definition) is 12. The van der Waals surface area contributed by atoms with Gasteiger partial charge < -0.3 is 28.8 Å². The number of carbonyl (C=O) groups is 2. The second kappa shape index (κ2) is 22.7. The minimum absolute atomic E-state index is 0.0132. The first-order chi connectivity index (χ1) is 32.5. The highest BCUT2D eigenvalue weighted by molar-refractivity contribution is 7.91. The molecule has 5 fully saturated rings. The van der Waals surface area contributed by atoms with Gasteiger partial charge in [0.15, 0.2) is 15.8 Å². The second-order valence-corrected chi connectivity index (χ2v) is 21.8. The quantitative estimate of drug-likeness (QED) is 0.135. The van der Waals surface area contributed by atoms with Crippen LogP contribution >= 0.6 is 0 Å². The summed E-state index contributed by atoms with van der Waals surface area (Å²) in [5, 5.41) is 9.65. The summed E-state index contributed by atoms with van der Waals surface area (Å²) in [6, 6.07) is 10.7. The van der Waals surface area contributed by atoms with E-state index in [0.29, 0.717) is 38.7 Å². The third-order valence-electron chi connectivity index (χ3n) is 13.1. The lowest BCUT2D eigenvalue weighted by Crippen LogP contribution is -2.61. The Hall–Kier alpha value is -3.92. The normalized spacial score (nSPS) is 22.6. The average Bonchev–Trinajstić information content (AvgIpc) is 3.34. The molecule has 2 aromatic rings. The Bertz CT molecular complexity index is 2230. The summed E-state index contributed by atoms with van der Waals surface area (Å²) < 4.78 is 178. The Morgan fingerprint density at radius 1 is 0.623 bits per heavy atom.